The Balaban J connectivity index is 1.48. The molecule has 0 unspecified atom stereocenters. The molecule has 2 aromatic carbocycles. The van der Waals surface area contributed by atoms with Crippen molar-refractivity contribution in [1.82, 2.24) is 19.1 Å². The van der Waals surface area contributed by atoms with Crippen LogP contribution in [0.3, 0.4) is 0 Å². The van der Waals surface area contributed by atoms with Crippen molar-refractivity contribution in [2.75, 3.05) is 31.4 Å². The number of hydrogen-bond donors (Lipinski definition) is 1. The fraction of sp³-hybridized carbons (Fsp3) is 0.240. The summed E-state index contributed by atoms with van der Waals surface area (Å²) in [6.07, 6.45) is 0. The van der Waals surface area contributed by atoms with Crippen LogP contribution in [0.4, 0.5) is 5.69 Å². The van der Waals surface area contributed by atoms with Crippen molar-refractivity contribution in [1.29, 1.82) is 0 Å². The van der Waals surface area contributed by atoms with Crippen LogP contribution in [0, 0.1) is 0 Å². The molecule has 0 aliphatic carbocycles. The molecule has 3 heterocycles. The molecule has 190 valence electrons. The highest BCUT2D eigenvalue weighted by atomic mass is 32.2. The van der Waals surface area contributed by atoms with E-state index >= 15 is 0 Å². The summed E-state index contributed by atoms with van der Waals surface area (Å²) in [5.41, 5.74) is 0.361. The number of benzene rings is 2. The molecule has 0 radical (unpaired) electrons. The molecule has 0 bridgehead atoms. The summed E-state index contributed by atoms with van der Waals surface area (Å²) in [4.78, 5) is 47.5. The van der Waals surface area contributed by atoms with E-state index < -0.39 is 11.2 Å². The second-order valence-electron chi connectivity index (χ2n) is 8.18. The molecule has 1 aliphatic heterocycles. The Morgan fingerprint density at radius 3 is 2.49 bits per heavy atom. The lowest BCUT2D eigenvalue weighted by Crippen LogP contribution is -2.37. The molecule has 0 saturated carbocycles. The molecule has 1 amide bonds. The van der Waals surface area contributed by atoms with Crippen molar-refractivity contribution in [3.05, 3.63) is 63.3 Å². The summed E-state index contributed by atoms with van der Waals surface area (Å²) in [7, 11) is 4.50. The van der Waals surface area contributed by atoms with Gasteiger partial charge in [0, 0.05) is 31.4 Å². The zero-order valence-electron chi connectivity index (χ0n) is 20.3. The number of anilines is 1. The number of rotatable bonds is 6. The van der Waals surface area contributed by atoms with Gasteiger partial charge in [-0.2, -0.15) is 0 Å². The van der Waals surface area contributed by atoms with E-state index in [0.29, 0.717) is 52.6 Å². The summed E-state index contributed by atoms with van der Waals surface area (Å²) < 4.78 is 18.6. The summed E-state index contributed by atoms with van der Waals surface area (Å²) in [5, 5.41) is 3.29. The first-order valence-corrected chi connectivity index (χ1v) is 12.3. The fourth-order valence-electron chi connectivity index (χ4n) is 3.85. The van der Waals surface area contributed by atoms with E-state index in [4.69, 9.17) is 14.2 Å². The van der Waals surface area contributed by atoms with Gasteiger partial charge >= 0.3 is 5.69 Å². The monoisotopic (exact) mass is 521 g/mol. The van der Waals surface area contributed by atoms with Crippen LogP contribution in [-0.4, -0.2) is 51.1 Å². The predicted molar refractivity (Wildman–Crippen MR) is 139 cm³/mol. The molecule has 37 heavy (non-hydrogen) atoms. The molecule has 0 saturated heterocycles. The number of ether oxygens (including phenoxy) is 3. The molecule has 0 spiro atoms. The highest BCUT2D eigenvalue weighted by molar-refractivity contribution is 8.00. The van der Waals surface area contributed by atoms with E-state index in [9.17, 15) is 14.4 Å². The number of thioether (sulfide) groups is 1. The van der Waals surface area contributed by atoms with Crippen molar-refractivity contribution in [2.24, 2.45) is 14.1 Å². The minimum absolute atomic E-state index is 0.0331. The van der Waals surface area contributed by atoms with Crippen LogP contribution in [-0.2, 0) is 18.9 Å². The van der Waals surface area contributed by atoms with Crippen molar-refractivity contribution in [2.45, 2.75) is 5.03 Å². The van der Waals surface area contributed by atoms with E-state index in [1.54, 1.807) is 49.6 Å². The zero-order valence-corrected chi connectivity index (χ0v) is 21.1. The standard InChI is InChI=1S/C25H23N5O6S/c1-29-22-20(24(32)30(2)25(29)33)23(28-21(27-22)14-4-7-16(34-3)8-5-14)37-13-19(31)26-15-6-9-17-18(12-15)36-11-10-35-17/h4-9,12H,10-11,13H2,1-3H3,(H,26,31). The van der Waals surface area contributed by atoms with Crippen molar-refractivity contribution >= 4 is 34.4 Å². The van der Waals surface area contributed by atoms with E-state index in [0.717, 1.165) is 16.3 Å². The van der Waals surface area contributed by atoms with Crippen LogP contribution >= 0.6 is 11.8 Å². The van der Waals surface area contributed by atoms with E-state index in [2.05, 4.69) is 15.3 Å². The summed E-state index contributed by atoms with van der Waals surface area (Å²) in [6.45, 7) is 0.917. The Kier molecular flexibility index (Phi) is 6.57. The zero-order chi connectivity index (χ0) is 26.1. The number of nitrogens with one attached hydrogen (secondary N) is 1. The van der Waals surface area contributed by atoms with E-state index in [-0.39, 0.29) is 22.7 Å². The fourth-order valence-corrected chi connectivity index (χ4v) is 4.67. The van der Waals surface area contributed by atoms with Crippen molar-refractivity contribution in [3.63, 3.8) is 0 Å². The van der Waals surface area contributed by atoms with Gasteiger partial charge in [-0.15, -0.1) is 0 Å². The van der Waals surface area contributed by atoms with Crippen molar-refractivity contribution < 1.29 is 19.0 Å². The minimum atomic E-state index is -0.533. The maximum Gasteiger partial charge on any atom is 0.332 e. The van der Waals surface area contributed by atoms with Crippen LogP contribution < -0.4 is 30.8 Å². The van der Waals surface area contributed by atoms with Gasteiger partial charge in [-0.25, -0.2) is 14.8 Å². The molecule has 11 nitrogen and oxygen atoms in total. The van der Waals surface area contributed by atoms with E-state index in [1.165, 1.54) is 18.7 Å². The first-order chi connectivity index (χ1) is 17.9. The molecule has 5 rings (SSSR count). The molecule has 2 aromatic heterocycles. The van der Waals surface area contributed by atoms with Gasteiger partial charge in [0.05, 0.1) is 12.9 Å². The SMILES string of the molecule is COc1ccc(-c2nc(SCC(=O)Nc3ccc4c(c3)OCCO4)c3c(=O)n(C)c(=O)n(C)c3n2)cc1. The quantitative estimate of drug-likeness (QED) is 0.300. The normalized spacial score (nSPS) is 12.4. The summed E-state index contributed by atoms with van der Waals surface area (Å²) >= 11 is 1.09. The minimum Gasteiger partial charge on any atom is -0.497 e. The number of methoxy groups -OCH3 is 1. The van der Waals surface area contributed by atoms with Crippen LogP contribution in [0.2, 0.25) is 0 Å². The third kappa shape index (κ3) is 4.75. The van der Waals surface area contributed by atoms with Crippen molar-refractivity contribution in [3.8, 4) is 28.6 Å². The molecule has 4 aromatic rings. The molecule has 12 heteroatoms. The Labute approximate surface area is 215 Å². The number of amides is 1. The van der Waals surface area contributed by atoms with Crippen LogP contribution in [0.5, 0.6) is 17.2 Å². The van der Waals surface area contributed by atoms with Gasteiger partial charge in [0.1, 0.15) is 29.4 Å². The largest absolute Gasteiger partial charge is 0.497 e. The van der Waals surface area contributed by atoms with Gasteiger partial charge in [0.15, 0.2) is 23.0 Å². The number of hydrogen-bond acceptors (Lipinski definition) is 9. The van der Waals surface area contributed by atoms with Gasteiger partial charge in [0.2, 0.25) is 5.91 Å². The maximum atomic E-state index is 13.0. The Hall–Kier alpha value is -4.32. The second kappa shape index (κ2) is 9.97. The third-order valence-electron chi connectivity index (χ3n) is 5.78. The molecule has 1 N–H and O–H groups in total. The highest BCUT2D eigenvalue weighted by Gasteiger charge is 2.20. The number of aryl methyl sites for hydroxylation is 1. The molecule has 0 fully saturated rings. The number of carbonyl (C=O) groups excluding carboxylic acids is 1. The first kappa shape index (κ1) is 24.4. The Bertz CT molecular complexity index is 1630. The Morgan fingerprint density at radius 1 is 1.03 bits per heavy atom. The van der Waals surface area contributed by atoms with Crippen LogP contribution in [0.1, 0.15) is 0 Å². The van der Waals surface area contributed by atoms with Gasteiger partial charge in [-0.05, 0) is 36.4 Å². The average molecular weight is 522 g/mol. The van der Waals surface area contributed by atoms with E-state index in [1.807, 2.05) is 0 Å². The predicted octanol–water partition coefficient (Wildman–Crippen LogP) is 2.20. The molecular formula is C25H23N5O6S. The molecule has 1 aliphatic rings. The molecular weight excluding hydrogens is 498 g/mol. The summed E-state index contributed by atoms with van der Waals surface area (Å²) in [5.74, 6) is 1.82. The smallest absolute Gasteiger partial charge is 0.332 e. The third-order valence-corrected chi connectivity index (χ3v) is 6.76. The molecule has 0 atom stereocenters. The van der Waals surface area contributed by atoms with Gasteiger partial charge in [-0.1, -0.05) is 11.8 Å². The number of aromatic nitrogens is 4. The lowest BCUT2D eigenvalue weighted by atomic mass is 10.2. The number of fused-ring (bicyclic) bond motifs is 2. The van der Waals surface area contributed by atoms with Crippen LogP contribution in [0.15, 0.2) is 57.1 Å². The van der Waals surface area contributed by atoms with Crippen LogP contribution in [0.25, 0.3) is 22.4 Å². The lowest BCUT2D eigenvalue weighted by molar-refractivity contribution is -0.113. The van der Waals surface area contributed by atoms with Gasteiger partial charge < -0.3 is 19.5 Å². The first-order valence-electron chi connectivity index (χ1n) is 11.3. The van der Waals surface area contributed by atoms with Gasteiger partial charge in [-0.3, -0.25) is 18.7 Å². The number of carbonyl (C=O) groups is 1. The number of nitrogens with zero attached hydrogens (tertiary/aromatic N) is 4. The van der Waals surface area contributed by atoms with Gasteiger partial charge in [0.25, 0.3) is 5.56 Å². The Morgan fingerprint density at radius 2 is 1.76 bits per heavy atom. The lowest BCUT2D eigenvalue weighted by Gasteiger charge is -2.19. The topological polar surface area (TPSA) is 127 Å². The average Bonchev–Trinajstić information content (AvgIpc) is 2.93. The summed E-state index contributed by atoms with van der Waals surface area (Å²) in [6, 6.07) is 12.2. The second-order valence-corrected chi connectivity index (χ2v) is 9.14. The highest BCUT2D eigenvalue weighted by Crippen LogP contribution is 2.33. The maximum absolute atomic E-state index is 13.0.